The molecule has 18 heavy (non-hydrogen) atoms. The van der Waals surface area contributed by atoms with Crippen LogP contribution in [0.1, 0.15) is 12.0 Å². The first-order valence-electron chi connectivity index (χ1n) is 5.95. The molecule has 0 unspecified atom stereocenters. The number of nitrogens with zero attached hydrogens (tertiary/aromatic N) is 2. The largest absolute Gasteiger partial charge is 0.465 e. The van der Waals surface area contributed by atoms with E-state index in [1.54, 1.807) is 12.3 Å². The van der Waals surface area contributed by atoms with E-state index in [0.717, 1.165) is 12.0 Å². The number of pyridine rings is 1. The SMILES string of the molecule is O=C(O)N1C[C@@H]2CC=C(c3ccc(Cl)nc3)[C@@H]2C1. The number of amides is 1. The van der Waals surface area contributed by atoms with Gasteiger partial charge in [0.05, 0.1) is 0 Å². The van der Waals surface area contributed by atoms with Gasteiger partial charge >= 0.3 is 6.09 Å². The minimum atomic E-state index is -0.821. The number of aromatic nitrogens is 1. The lowest BCUT2D eigenvalue weighted by molar-refractivity contribution is 0.153. The summed E-state index contributed by atoms with van der Waals surface area (Å²) in [6, 6.07) is 3.72. The zero-order valence-electron chi connectivity index (χ0n) is 9.71. The highest BCUT2D eigenvalue weighted by molar-refractivity contribution is 6.29. The van der Waals surface area contributed by atoms with Crippen LogP contribution < -0.4 is 0 Å². The molecule has 0 aromatic carbocycles. The first kappa shape index (κ1) is 11.5. The van der Waals surface area contributed by atoms with E-state index in [1.165, 1.54) is 10.5 Å². The molecule has 1 fully saturated rings. The fraction of sp³-hybridized carbons (Fsp3) is 0.385. The number of halogens is 1. The number of carboxylic acid groups (broad SMARTS) is 1. The zero-order valence-corrected chi connectivity index (χ0v) is 10.5. The van der Waals surface area contributed by atoms with Crippen molar-refractivity contribution in [2.24, 2.45) is 11.8 Å². The zero-order chi connectivity index (χ0) is 12.7. The molecule has 1 aliphatic carbocycles. The monoisotopic (exact) mass is 264 g/mol. The van der Waals surface area contributed by atoms with Crippen LogP contribution in [0, 0.1) is 11.8 Å². The van der Waals surface area contributed by atoms with Crippen molar-refractivity contribution in [3.8, 4) is 0 Å². The molecule has 94 valence electrons. The lowest BCUT2D eigenvalue weighted by atomic mass is 9.91. The predicted octanol–water partition coefficient (Wildman–Crippen LogP) is 2.75. The molecule has 0 bridgehead atoms. The molecule has 0 radical (unpaired) electrons. The molecule has 0 saturated carbocycles. The Morgan fingerprint density at radius 1 is 1.44 bits per heavy atom. The Morgan fingerprint density at radius 3 is 2.94 bits per heavy atom. The maximum Gasteiger partial charge on any atom is 0.407 e. The minimum absolute atomic E-state index is 0.309. The Hall–Kier alpha value is -1.55. The van der Waals surface area contributed by atoms with Crippen LogP contribution >= 0.6 is 11.6 Å². The quantitative estimate of drug-likeness (QED) is 0.794. The average molecular weight is 265 g/mol. The van der Waals surface area contributed by atoms with Gasteiger partial charge in [-0.25, -0.2) is 9.78 Å². The van der Waals surface area contributed by atoms with Crippen LogP contribution in [0.15, 0.2) is 24.4 Å². The molecular weight excluding hydrogens is 252 g/mol. The van der Waals surface area contributed by atoms with E-state index >= 15 is 0 Å². The van der Waals surface area contributed by atoms with Gasteiger partial charge in [-0.1, -0.05) is 23.7 Å². The van der Waals surface area contributed by atoms with Crippen molar-refractivity contribution in [1.29, 1.82) is 0 Å². The van der Waals surface area contributed by atoms with Gasteiger partial charge < -0.3 is 10.0 Å². The Kier molecular flexibility index (Phi) is 2.74. The summed E-state index contributed by atoms with van der Waals surface area (Å²) in [7, 11) is 0. The number of rotatable bonds is 1. The number of carbonyl (C=O) groups is 1. The van der Waals surface area contributed by atoms with Crippen molar-refractivity contribution in [2.75, 3.05) is 13.1 Å². The first-order chi connectivity index (χ1) is 8.65. The van der Waals surface area contributed by atoms with Crippen molar-refractivity contribution >= 4 is 23.3 Å². The van der Waals surface area contributed by atoms with Gasteiger partial charge in [-0.15, -0.1) is 0 Å². The van der Waals surface area contributed by atoms with Gasteiger partial charge in [-0.3, -0.25) is 0 Å². The van der Waals surface area contributed by atoms with Crippen molar-refractivity contribution in [3.63, 3.8) is 0 Å². The van der Waals surface area contributed by atoms with E-state index in [4.69, 9.17) is 16.7 Å². The molecule has 5 heteroatoms. The van der Waals surface area contributed by atoms with Crippen LogP contribution in [-0.4, -0.2) is 34.2 Å². The van der Waals surface area contributed by atoms with Gasteiger partial charge in [0.15, 0.2) is 0 Å². The second-order valence-corrected chi connectivity index (χ2v) is 5.21. The summed E-state index contributed by atoms with van der Waals surface area (Å²) in [5.74, 6) is 0.732. The summed E-state index contributed by atoms with van der Waals surface area (Å²) in [5.41, 5.74) is 2.27. The van der Waals surface area contributed by atoms with E-state index in [0.29, 0.717) is 30.1 Å². The highest BCUT2D eigenvalue weighted by Crippen LogP contribution is 2.42. The predicted molar refractivity (Wildman–Crippen MR) is 68.4 cm³/mol. The lowest BCUT2D eigenvalue weighted by Gasteiger charge is -2.14. The Bertz CT molecular complexity index is 512. The molecule has 2 aliphatic rings. The average Bonchev–Trinajstić information content (AvgIpc) is 2.89. The van der Waals surface area contributed by atoms with E-state index in [1.807, 2.05) is 6.07 Å². The Labute approximate surface area is 110 Å². The first-order valence-corrected chi connectivity index (χ1v) is 6.33. The molecule has 2 heterocycles. The summed E-state index contributed by atoms with van der Waals surface area (Å²) >= 11 is 5.78. The number of likely N-dealkylation sites (tertiary alicyclic amines) is 1. The molecule has 1 aromatic heterocycles. The van der Waals surface area contributed by atoms with Gasteiger partial charge in [-0.05, 0) is 29.5 Å². The number of hydrogen-bond donors (Lipinski definition) is 1. The van der Waals surface area contributed by atoms with Gasteiger partial charge in [0.25, 0.3) is 0 Å². The Balaban J connectivity index is 1.83. The van der Waals surface area contributed by atoms with E-state index in [-0.39, 0.29) is 0 Å². The third kappa shape index (κ3) is 1.86. The molecule has 1 saturated heterocycles. The van der Waals surface area contributed by atoms with Crippen molar-refractivity contribution in [1.82, 2.24) is 9.88 Å². The van der Waals surface area contributed by atoms with Crippen LogP contribution in [0.2, 0.25) is 5.15 Å². The van der Waals surface area contributed by atoms with Gasteiger partial charge in [0.2, 0.25) is 0 Å². The van der Waals surface area contributed by atoms with Crippen LogP contribution in [0.3, 0.4) is 0 Å². The van der Waals surface area contributed by atoms with E-state index in [2.05, 4.69) is 11.1 Å². The number of allylic oxidation sites excluding steroid dienone is 1. The Morgan fingerprint density at radius 2 is 2.28 bits per heavy atom. The number of fused-ring (bicyclic) bond motifs is 1. The van der Waals surface area contributed by atoms with Gasteiger partial charge in [0.1, 0.15) is 5.15 Å². The van der Waals surface area contributed by atoms with Crippen molar-refractivity contribution in [3.05, 3.63) is 35.1 Å². The van der Waals surface area contributed by atoms with Crippen molar-refractivity contribution in [2.45, 2.75) is 6.42 Å². The third-order valence-electron chi connectivity index (χ3n) is 3.81. The summed E-state index contributed by atoms with van der Waals surface area (Å²) in [6.45, 7) is 1.23. The smallest absolute Gasteiger partial charge is 0.407 e. The van der Waals surface area contributed by atoms with Gasteiger partial charge in [0, 0.05) is 25.2 Å². The van der Waals surface area contributed by atoms with Crippen LogP contribution in [0.5, 0.6) is 0 Å². The molecule has 0 spiro atoms. The van der Waals surface area contributed by atoms with Crippen LogP contribution in [0.4, 0.5) is 4.79 Å². The maximum absolute atomic E-state index is 11.0. The molecule has 4 nitrogen and oxygen atoms in total. The normalized spacial score (nSPS) is 26.1. The summed E-state index contributed by atoms with van der Waals surface area (Å²) in [6.07, 6.45) is 4.10. The standard InChI is InChI=1S/C13H13ClN2O2/c14-12-4-2-8(5-15-12)10-3-1-9-6-16(13(17)18)7-11(9)10/h2-5,9,11H,1,6-7H2,(H,17,18)/t9-,11+/m0/s1. The summed E-state index contributed by atoms with van der Waals surface area (Å²) in [5, 5.41) is 9.52. The minimum Gasteiger partial charge on any atom is -0.465 e. The highest BCUT2D eigenvalue weighted by atomic mass is 35.5. The molecule has 1 N–H and O–H groups in total. The second-order valence-electron chi connectivity index (χ2n) is 4.82. The summed E-state index contributed by atoms with van der Waals surface area (Å²) < 4.78 is 0. The fourth-order valence-electron chi connectivity index (χ4n) is 2.93. The molecule has 1 amide bonds. The van der Waals surface area contributed by atoms with Gasteiger partial charge in [-0.2, -0.15) is 0 Å². The molecular formula is C13H13ClN2O2. The highest BCUT2D eigenvalue weighted by Gasteiger charge is 2.40. The fourth-order valence-corrected chi connectivity index (χ4v) is 3.04. The molecule has 1 aliphatic heterocycles. The van der Waals surface area contributed by atoms with Crippen LogP contribution in [-0.2, 0) is 0 Å². The molecule has 1 aromatic rings. The van der Waals surface area contributed by atoms with Crippen LogP contribution in [0.25, 0.3) is 5.57 Å². The topological polar surface area (TPSA) is 53.4 Å². The molecule has 3 rings (SSSR count). The number of hydrogen-bond acceptors (Lipinski definition) is 2. The third-order valence-corrected chi connectivity index (χ3v) is 4.04. The summed E-state index contributed by atoms with van der Waals surface area (Å²) in [4.78, 5) is 16.6. The second kappa shape index (κ2) is 4.28. The van der Waals surface area contributed by atoms with Crippen molar-refractivity contribution < 1.29 is 9.90 Å². The van der Waals surface area contributed by atoms with E-state index in [9.17, 15) is 4.79 Å². The van der Waals surface area contributed by atoms with E-state index < -0.39 is 6.09 Å². The lowest BCUT2D eigenvalue weighted by Crippen LogP contribution is -2.27. The molecule has 2 atom stereocenters. The maximum atomic E-state index is 11.0.